The van der Waals surface area contributed by atoms with Gasteiger partial charge in [0.1, 0.15) is 5.69 Å². The van der Waals surface area contributed by atoms with Crippen molar-refractivity contribution in [2.24, 2.45) is 7.05 Å². The third-order valence-electron chi connectivity index (χ3n) is 4.86. The van der Waals surface area contributed by atoms with Crippen molar-refractivity contribution in [2.75, 3.05) is 5.32 Å². The summed E-state index contributed by atoms with van der Waals surface area (Å²) in [5.74, 6) is -0.109. The minimum absolute atomic E-state index is 0.0740. The molecule has 9 nitrogen and oxygen atoms in total. The number of H-pyrrole nitrogens is 1. The second-order valence-corrected chi connectivity index (χ2v) is 6.64. The van der Waals surface area contributed by atoms with E-state index < -0.39 is 4.92 Å². The standard InChI is InChI=1S/C18H18N6O3/c1-23-7-6-19-18(23)17(25)11-2-4-15(16(9-11)24(26)27)21-13-3-5-14-12(8-13)10-20-22-14/h2,4,6-7,9-10,13,21H,3,5,8H2,1H3,(H,20,22). The first-order chi connectivity index (χ1) is 13.0. The summed E-state index contributed by atoms with van der Waals surface area (Å²) in [7, 11) is 1.71. The maximum Gasteiger partial charge on any atom is 0.293 e. The molecule has 2 N–H and O–H groups in total. The van der Waals surface area contributed by atoms with Gasteiger partial charge in [-0.1, -0.05) is 0 Å². The lowest BCUT2D eigenvalue weighted by Crippen LogP contribution is -2.27. The summed E-state index contributed by atoms with van der Waals surface area (Å²) in [6, 6.07) is 4.58. The highest BCUT2D eigenvalue weighted by molar-refractivity contribution is 6.07. The van der Waals surface area contributed by atoms with Gasteiger partial charge >= 0.3 is 0 Å². The van der Waals surface area contributed by atoms with Gasteiger partial charge < -0.3 is 9.88 Å². The van der Waals surface area contributed by atoms with E-state index >= 15 is 0 Å². The maximum atomic E-state index is 12.6. The third-order valence-corrected chi connectivity index (χ3v) is 4.86. The highest BCUT2D eigenvalue weighted by Gasteiger charge is 2.24. The molecule has 3 aromatic rings. The van der Waals surface area contributed by atoms with Crippen LogP contribution in [0.15, 0.2) is 36.8 Å². The van der Waals surface area contributed by atoms with Gasteiger partial charge in [0.15, 0.2) is 5.82 Å². The number of aryl methyl sites for hydroxylation is 2. The predicted octanol–water partition coefficient (Wildman–Crippen LogP) is 2.25. The third kappa shape index (κ3) is 3.19. The molecule has 9 heteroatoms. The minimum Gasteiger partial charge on any atom is -0.376 e. The molecule has 1 aliphatic rings. The fourth-order valence-corrected chi connectivity index (χ4v) is 3.42. The molecule has 27 heavy (non-hydrogen) atoms. The van der Waals surface area contributed by atoms with Crippen molar-refractivity contribution in [2.45, 2.75) is 25.3 Å². The largest absolute Gasteiger partial charge is 0.376 e. The Morgan fingerprint density at radius 1 is 1.44 bits per heavy atom. The monoisotopic (exact) mass is 366 g/mol. The molecule has 0 saturated carbocycles. The molecule has 4 rings (SSSR count). The van der Waals surface area contributed by atoms with Crippen molar-refractivity contribution in [3.05, 3.63) is 69.5 Å². The zero-order chi connectivity index (χ0) is 19.0. The van der Waals surface area contributed by atoms with E-state index in [1.165, 1.54) is 12.3 Å². The van der Waals surface area contributed by atoms with Crippen LogP contribution < -0.4 is 5.32 Å². The van der Waals surface area contributed by atoms with Crippen molar-refractivity contribution in [1.29, 1.82) is 0 Å². The van der Waals surface area contributed by atoms with Gasteiger partial charge in [-0.25, -0.2) is 4.98 Å². The number of nitrogens with zero attached hydrogens (tertiary/aromatic N) is 4. The number of carbonyl (C=O) groups is 1. The molecule has 0 radical (unpaired) electrons. The molecule has 1 aromatic carbocycles. The molecular formula is C18H18N6O3. The van der Waals surface area contributed by atoms with Gasteiger partial charge in [-0.05, 0) is 37.0 Å². The fourth-order valence-electron chi connectivity index (χ4n) is 3.42. The number of anilines is 1. The van der Waals surface area contributed by atoms with Gasteiger partial charge in [0, 0.05) is 42.8 Å². The van der Waals surface area contributed by atoms with Gasteiger partial charge in [-0.15, -0.1) is 0 Å². The minimum atomic E-state index is -0.469. The number of rotatable bonds is 5. The SMILES string of the molecule is Cn1ccnc1C(=O)c1ccc(NC2CCc3[nH]ncc3C2)c([N+](=O)[O-])c1. The van der Waals surface area contributed by atoms with E-state index in [4.69, 9.17) is 0 Å². The number of nitro groups is 1. The topological polar surface area (TPSA) is 119 Å². The number of ketones is 1. The second kappa shape index (κ2) is 6.67. The van der Waals surface area contributed by atoms with E-state index in [-0.39, 0.29) is 28.9 Å². The number of hydrogen-bond donors (Lipinski definition) is 2. The van der Waals surface area contributed by atoms with E-state index in [9.17, 15) is 14.9 Å². The quantitative estimate of drug-likeness (QED) is 0.406. The van der Waals surface area contributed by atoms with E-state index in [1.54, 1.807) is 36.1 Å². The Bertz CT molecular complexity index is 1020. The normalized spacial score (nSPS) is 16.0. The number of imidazole rings is 1. The molecule has 2 heterocycles. The van der Waals surface area contributed by atoms with Crippen LogP contribution in [0.3, 0.4) is 0 Å². The zero-order valence-corrected chi connectivity index (χ0v) is 14.7. The number of nitrogens with one attached hydrogen (secondary N) is 2. The lowest BCUT2D eigenvalue weighted by molar-refractivity contribution is -0.384. The Morgan fingerprint density at radius 3 is 3.04 bits per heavy atom. The summed E-state index contributed by atoms with van der Waals surface area (Å²) in [5, 5.41) is 21.9. The van der Waals surface area contributed by atoms with Crippen LogP contribution in [-0.2, 0) is 19.9 Å². The highest BCUT2D eigenvalue weighted by atomic mass is 16.6. The molecule has 0 spiro atoms. The molecular weight excluding hydrogens is 348 g/mol. The number of nitro benzene ring substituents is 1. The molecule has 0 fully saturated rings. The smallest absolute Gasteiger partial charge is 0.293 e. The van der Waals surface area contributed by atoms with Gasteiger partial charge in [0.25, 0.3) is 5.69 Å². The number of aromatic amines is 1. The molecule has 1 aliphatic carbocycles. The van der Waals surface area contributed by atoms with Gasteiger partial charge in [-0.3, -0.25) is 20.0 Å². The number of aromatic nitrogens is 4. The summed E-state index contributed by atoms with van der Waals surface area (Å²) < 4.78 is 1.59. The van der Waals surface area contributed by atoms with E-state index in [2.05, 4.69) is 20.5 Å². The predicted molar refractivity (Wildman–Crippen MR) is 97.8 cm³/mol. The summed E-state index contributed by atoms with van der Waals surface area (Å²) >= 11 is 0. The average molecular weight is 366 g/mol. The van der Waals surface area contributed by atoms with Crippen LogP contribution in [0.4, 0.5) is 11.4 Å². The Morgan fingerprint density at radius 2 is 2.30 bits per heavy atom. The first-order valence-electron chi connectivity index (χ1n) is 8.61. The van der Waals surface area contributed by atoms with Crippen LogP contribution in [0.2, 0.25) is 0 Å². The average Bonchev–Trinajstić information content (AvgIpc) is 3.29. The van der Waals surface area contributed by atoms with Crippen molar-refractivity contribution in [3.8, 4) is 0 Å². The van der Waals surface area contributed by atoms with Gasteiger partial charge in [0.05, 0.1) is 11.1 Å². The number of fused-ring (bicyclic) bond motifs is 1. The van der Waals surface area contributed by atoms with Gasteiger partial charge in [-0.2, -0.15) is 5.10 Å². The first kappa shape index (κ1) is 17.0. The maximum absolute atomic E-state index is 12.6. The Kier molecular flexibility index (Phi) is 4.19. The Labute approximate surface area is 154 Å². The molecule has 0 aliphatic heterocycles. The molecule has 1 atom stereocenters. The van der Waals surface area contributed by atoms with Crippen LogP contribution >= 0.6 is 0 Å². The Hall–Kier alpha value is -3.49. The summed E-state index contributed by atoms with van der Waals surface area (Å²) in [5.41, 5.74) is 2.78. The van der Waals surface area contributed by atoms with Crippen LogP contribution in [-0.4, -0.2) is 36.5 Å². The molecule has 138 valence electrons. The number of benzene rings is 1. The van der Waals surface area contributed by atoms with E-state index in [1.807, 2.05) is 0 Å². The van der Waals surface area contributed by atoms with Crippen molar-refractivity contribution < 1.29 is 9.72 Å². The van der Waals surface area contributed by atoms with E-state index in [0.29, 0.717) is 5.69 Å². The summed E-state index contributed by atoms with van der Waals surface area (Å²) in [4.78, 5) is 27.7. The van der Waals surface area contributed by atoms with Crippen LogP contribution in [0, 0.1) is 10.1 Å². The van der Waals surface area contributed by atoms with Crippen LogP contribution in [0.25, 0.3) is 0 Å². The highest BCUT2D eigenvalue weighted by Crippen LogP contribution is 2.29. The lowest BCUT2D eigenvalue weighted by atomic mass is 9.93. The molecule has 1 unspecified atom stereocenters. The number of carbonyl (C=O) groups excluding carboxylic acids is 1. The molecule has 2 aromatic heterocycles. The van der Waals surface area contributed by atoms with Crippen LogP contribution in [0.1, 0.15) is 33.9 Å². The lowest BCUT2D eigenvalue weighted by Gasteiger charge is -2.23. The second-order valence-electron chi connectivity index (χ2n) is 6.64. The molecule has 0 amide bonds. The van der Waals surface area contributed by atoms with Crippen LogP contribution in [0.5, 0.6) is 0 Å². The van der Waals surface area contributed by atoms with Crippen molar-refractivity contribution in [3.63, 3.8) is 0 Å². The number of hydrogen-bond acceptors (Lipinski definition) is 6. The van der Waals surface area contributed by atoms with Crippen molar-refractivity contribution >= 4 is 17.2 Å². The summed E-state index contributed by atoms with van der Waals surface area (Å²) in [6.45, 7) is 0. The fraction of sp³-hybridized carbons (Fsp3) is 0.278. The van der Waals surface area contributed by atoms with E-state index in [0.717, 1.165) is 30.5 Å². The molecule has 0 bridgehead atoms. The molecule has 0 saturated heterocycles. The zero-order valence-electron chi connectivity index (χ0n) is 14.7. The summed E-state index contributed by atoms with van der Waals surface area (Å²) in [6.07, 6.45) is 7.41. The first-order valence-corrected chi connectivity index (χ1v) is 8.61. The Balaban J connectivity index is 1.59. The van der Waals surface area contributed by atoms with Gasteiger partial charge in [0.2, 0.25) is 5.78 Å². The van der Waals surface area contributed by atoms with Crippen molar-refractivity contribution in [1.82, 2.24) is 19.7 Å².